The third-order valence-corrected chi connectivity index (χ3v) is 20.5. The predicted octanol–water partition coefficient (Wildman–Crippen LogP) is 9.92. The summed E-state index contributed by atoms with van der Waals surface area (Å²) in [5.41, 5.74) is 1.22. The molecule has 0 saturated carbocycles. The minimum absolute atomic E-state index is 0.0845. The van der Waals surface area contributed by atoms with Gasteiger partial charge in [0.1, 0.15) is 0 Å². The fourth-order valence-corrected chi connectivity index (χ4v) is 8.60. The molecule has 2 aliphatic rings. The summed E-state index contributed by atoms with van der Waals surface area (Å²) < 4.78 is 39.3. The molecule has 2 saturated heterocycles. The van der Waals surface area contributed by atoms with Crippen LogP contribution >= 0.6 is 0 Å². The Morgan fingerprint density at radius 2 is 1.41 bits per heavy atom. The average Bonchev–Trinajstić information content (AvgIpc) is 2.95. The van der Waals surface area contributed by atoms with Crippen LogP contribution in [0.25, 0.3) is 0 Å². The molecule has 0 spiro atoms. The molecule has 2 aliphatic heterocycles. The van der Waals surface area contributed by atoms with Crippen molar-refractivity contribution in [2.45, 2.75) is 179 Å². The van der Waals surface area contributed by atoms with E-state index in [1.165, 1.54) is 12.0 Å². The van der Waals surface area contributed by atoms with E-state index < -0.39 is 16.6 Å². The van der Waals surface area contributed by atoms with E-state index in [-0.39, 0.29) is 46.7 Å². The van der Waals surface area contributed by atoms with Crippen molar-refractivity contribution in [3.05, 3.63) is 35.9 Å². The van der Waals surface area contributed by atoms with Gasteiger partial charge in [0.25, 0.3) is 0 Å². The van der Waals surface area contributed by atoms with Crippen molar-refractivity contribution in [1.82, 2.24) is 0 Å². The van der Waals surface area contributed by atoms with E-state index in [0.717, 1.165) is 58.2 Å². The van der Waals surface area contributed by atoms with Crippen molar-refractivity contribution >= 4 is 16.6 Å². The SMILES string of the molecule is CO[C@@H](C[C@@H]1C[C@@H](O[Si](C)(C)C(C)(C)C)C[C@H](CCO[Si](C)(C)C(C)(C)C)O1)C[C@H]1O[C@H](CCOCc2ccccc2)CC[C@@H]1C. The monoisotopic (exact) mass is 678 g/mol. The smallest absolute Gasteiger partial charge is 0.192 e. The third-order valence-electron chi connectivity index (χ3n) is 11.4. The summed E-state index contributed by atoms with van der Waals surface area (Å²) in [5.74, 6) is 0.515. The molecule has 0 amide bonds. The van der Waals surface area contributed by atoms with E-state index in [1.807, 2.05) is 13.2 Å². The highest BCUT2D eigenvalue weighted by Crippen LogP contribution is 2.41. The molecular weight excluding hydrogens is 609 g/mol. The Morgan fingerprint density at radius 3 is 2.04 bits per heavy atom. The minimum Gasteiger partial charge on any atom is -0.417 e. The molecule has 3 rings (SSSR count). The van der Waals surface area contributed by atoms with Crippen molar-refractivity contribution in [2.75, 3.05) is 20.3 Å². The average molecular weight is 679 g/mol. The molecule has 7 atom stereocenters. The molecule has 1 aromatic carbocycles. The normalized spacial score (nSPS) is 27.5. The van der Waals surface area contributed by atoms with Crippen LogP contribution in [-0.2, 0) is 34.4 Å². The van der Waals surface area contributed by atoms with Crippen molar-refractivity contribution in [1.29, 1.82) is 0 Å². The predicted molar refractivity (Wildman–Crippen MR) is 196 cm³/mol. The first-order chi connectivity index (χ1) is 21.4. The molecule has 0 aromatic heterocycles. The molecule has 0 bridgehead atoms. The summed E-state index contributed by atoms with van der Waals surface area (Å²) >= 11 is 0. The molecule has 266 valence electrons. The molecule has 8 heteroatoms. The molecule has 1 aromatic rings. The lowest BCUT2D eigenvalue weighted by Crippen LogP contribution is -2.48. The first-order valence-electron chi connectivity index (χ1n) is 18.2. The lowest BCUT2D eigenvalue weighted by atomic mass is 9.87. The minimum atomic E-state index is -1.91. The maximum absolute atomic E-state index is 7.03. The highest BCUT2D eigenvalue weighted by molar-refractivity contribution is 6.74. The van der Waals surface area contributed by atoms with Crippen LogP contribution in [0.15, 0.2) is 30.3 Å². The van der Waals surface area contributed by atoms with Gasteiger partial charge in [-0.3, -0.25) is 0 Å². The van der Waals surface area contributed by atoms with Crippen LogP contribution in [0.4, 0.5) is 0 Å². The molecule has 0 radical (unpaired) electrons. The van der Waals surface area contributed by atoms with E-state index in [9.17, 15) is 0 Å². The zero-order valence-electron chi connectivity index (χ0n) is 31.7. The van der Waals surface area contributed by atoms with Crippen molar-refractivity contribution in [2.24, 2.45) is 5.92 Å². The summed E-state index contributed by atoms with van der Waals surface area (Å²) in [5, 5.41) is 0.379. The fraction of sp³-hybridized carbons (Fsp3) is 0.842. The van der Waals surface area contributed by atoms with Crippen molar-refractivity contribution in [3.8, 4) is 0 Å². The van der Waals surface area contributed by atoms with E-state index in [2.05, 4.69) is 98.9 Å². The van der Waals surface area contributed by atoms with Gasteiger partial charge in [-0.1, -0.05) is 78.8 Å². The van der Waals surface area contributed by atoms with Crippen LogP contribution in [0.1, 0.15) is 105 Å². The maximum atomic E-state index is 7.03. The summed E-state index contributed by atoms with van der Waals surface area (Å²) in [6, 6.07) is 10.4. The van der Waals surface area contributed by atoms with Crippen LogP contribution < -0.4 is 0 Å². The van der Waals surface area contributed by atoms with Gasteiger partial charge in [-0.2, -0.15) is 0 Å². The largest absolute Gasteiger partial charge is 0.417 e. The lowest BCUT2D eigenvalue weighted by molar-refractivity contribution is -0.130. The van der Waals surface area contributed by atoms with Gasteiger partial charge in [-0.05, 0) is 92.7 Å². The van der Waals surface area contributed by atoms with Gasteiger partial charge in [0.15, 0.2) is 16.6 Å². The molecule has 6 nitrogen and oxygen atoms in total. The molecule has 2 heterocycles. The number of ether oxygens (including phenoxy) is 4. The number of hydrogen-bond acceptors (Lipinski definition) is 6. The van der Waals surface area contributed by atoms with Crippen molar-refractivity contribution < 1.29 is 27.8 Å². The Bertz CT molecular complexity index is 1000. The van der Waals surface area contributed by atoms with Crippen LogP contribution in [-0.4, -0.2) is 73.6 Å². The fourth-order valence-electron chi connectivity index (χ4n) is 6.16. The third kappa shape index (κ3) is 12.4. The highest BCUT2D eigenvalue weighted by Gasteiger charge is 2.43. The van der Waals surface area contributed by atoms with E-state index in [1.54, 1.807) is 0 Å². The lowest BCUT2D eigenvalue weighted by Gasteiger charge is -2.44. The second-order valence-electron chi connectivity index (χ2n) is 17.3. The van der Waals surface area contributed by atoms with Gasteiger partial charge in [-0.25, -0.2) is 0 Å². The van der Waals surface area contributed by atoms with Gasteiger partial charge >= 0.3 is 0 Å². The zero-order valence-corrected chi connectivity index (χ0v) is 33.7. The van der Waals surface area contributed by atoms with Crippen LogP contribution in [0.5, 0.6) is 0 Å². The zero-order chi connectivity index (χ0) is 34.2. The Labute approximate surface area is 285 Å². The molecule has 0 N–H and O–H groups in total. The quantitative estimate of drug-likeness (QED) is 0.128. The topological polar surface area (TPSA) is 55.4 Å². The first-order valence-corrected chi connectivity index (χ1v) is 24.0. The Balaban J connectivity index is 1.58. The summed E-state index contributed by atoms with van der Waals surface area (Å²) in [7, 11) is -1.87. The summed E-state index contributed by atoms with van der Waals surface area (Å²) in [4.78, 5) is 0. The Hall–Kier alpha value is -0.586. The van der Waals surface area contributed by atoms with Gasteiger partial charge < -0.3 is 27.8 Å². The summed E-state index contributed by atoms with van der Waals surface area (Å²) in [6.07, 6.45) is 8.73. The molecular formula is C38H70O6Si2. The Morgan fingerprint density at radius 1 is 0.783 bits per heavy atom. The van der Waals surface area contributed by atoms with E-state index in [4.69, 9.17) is 27.8 Å². The van der Waals surface area contributed by atoms with Gasteiger partial charge in [0, 0.05) is 32.8 Å². The second kappa shape index (κ2) is 17.4. The van der Waals surface area contributed by atoms with Crippen LogP contribution in [0, 0.1) is 5.92 Å². The summed E-state index contributed by atoms with van der Waals surface area (Å²) in [6.45, 7) is 27.8. The number of rotatable bonds is 16. The van der Waals surface area contributed by atoms with Gasteiger partial charge in [0.2, 0.25) is 0 Å². The molecule has 0 unspecified atom stereocenters. The van der Waals surface area contributed by atoms with Gasteiger partial charge in [0.05, 0.1) is 37.1 Å². The van der Waals surface area contributed by atoms with Crippen LogP contribution in [0.2, 0.25) is 36.3 Å². The van der Waals surface area contributed by atoms with E-state index >= 15 is 0 Å². The highest BCUT2D eigenvalue weighted by atomic mass is 28.4. The number of hydrogen-bond donors (Lipinski definition) is 0. The van der Waals surface area contributed by atoms with Crippen LogP contribution in [0.3, 0.4) is 0 Å². The maximum Gasteiger partial charge on any atom is 0.192 e. The van der Waals surface area contributed by atoms with E-state index in [0.29, 0.717) is 12.5 Å². The number of methoxy groups -OCH3 is 1. The Kier molecular flexibility index (Phi) is 15.1. The molecule has 2 fully saturated rings. The van der Waals surface area contributed by atoms with Crippen molar-refractivity contribution in [3.63, 3.8) is 0 Å². The molecule has 0 aliphatic carbocycles. The second-order valence-corrected chi connectivity index (χ2v) is 26.8. The number of benzene rings is 1. The standard InChI is InChI=1S/C38H70O6Si2/c1-29-18-19-31(20-22-40-28-30-16-14-13-15-17-30)43-36(29)27-33(39-8)25-34-26-35(44-46(11,12)38(5,6)7)24-32(42-34)21-23-41-45(9,10)37(2,3)4/h13-17,29,31-36H,18-28H2,1-12H3/t29-,31-,32-,33-,34+,35-,36+/m0/s1. The van der Waals surface area contributed by atoms with Gasteiger partial charge in [-0.15, -0.1) is 0 Å². The first kappa shape index (κ1) is 39.8. The molecule has 46 heavy (non-hydrogen) atoms.